The first-order valence-corrected chi connectivity index (χ1v) is 6.50. The van der Waals surface area contributed by atoms with Crippen molar-refractivity contribution in [1.29, 1.82) is 0 Å². The van der Waals surface area contributed by atoms with E-state index in [2.05, 4.69) is 15.5 Å². The first-order valence-electron chi connectivity index (χ1n) is 6.50. The van der Waals surface area contributed by atoms with E-state index in [1.165, 1.54) is 0 Å². The van der Waals surface area contributed by atoms with Crippen LogP contribution in [0.5, 0.6) is 0 Å². The van der Waals surface area contributed by atoms with E-state index >= 15 is 0 Å². The Labute approximate surface area is 121 Å². The van der Waals surface area contributed by atoms with E-state index in [1.807, 2.05) is 22.9 Å². The molecule has 2 aromatic heterocycles. The Bertz CT molecular complexity index is 729. The predicted molar refractivity (Wildman–Crippen MR) is 77.0 cm³/mol. The third kappa shape index (κ3) is 3.17. The standard InChI is InChI=1S/C15H14N4O2/c1-11-8-14(18-21-11)17-15(20)13-4-2-12(3-5-13)9-19-7-6-16-10-19/h2-8,10H,9H2,1H3,(H,17,18,20). The van der Waals surface area contributed by atoms with Gasteiger partial charge in [-0.2, -0.15) is 0 Å². The summed E-state index contributed by atoms with van der Waals surface area (Å²) in [5.41, 5.74) is 1.67. The van der Waals surface area contributed by atoms with Gasteiger partial charge in [0.05, 0.1) is 6.33 Å². The second-order valence-corrected chi connectivity index (χ2v) is 4.71. The number of carbonyl (C=O) groups is 1. The van der Waals surface area contributed by atoms with Gasteiger partial charge in [-0.05, 0) is 24.6 Å². The molecule has 106 valence electrons. The summed E-state index contributed by atoms with van der Waals surface area (Å²) in [7, 11) is 0. The lowest BCUT2D eigenvalue weighted by molar-refractivity contribution is 0.102. The zero-order valence-corrected chi connectivity index (χ0v) is 11.5. The molecule has 0 saturated heterocycles. The summed E-state index contributed by atoms with van der Waals surface area (Å²) >= 11 is 0. The van der Waals surface area contributed by atoms with Crippen molar-refractivity contribution in [1.82, 2.24) is 14.7 Å². The number of nitrogens with zero attached hydrogens (tertiary/aromatic N) is 3. The number of nitrogens with one attached hydrogen (secondary N) is 1. The quantitative estimate of drug-likeness (QED) is 0.798. The van der Waals surface area contributed by atoms with Gasteiger partial charge in [-0.3, -0.25) is 4.79 Å². The molecule has 1 N–H and O–H groups in total. The number of hydrogen-bond acceptors (Lipinski definition) is 4. The summed E-state index contributed by atoms with van der Waals surface area (Å²) in [6.45, 7) is 2.50. The fourth-order valence-electron chi connectivity index (χ4n) is 1.97. The van der Waals surface area contributed by atoms with Gasteiger partial charge in [0.25, 0.3) is 5.91 Å². The Hall–Kier alpha value is -2.89. The van der Waals surface area contributed by atoms with Gasteiger partial charge in [0.2, 0.25) is 0 Å². The molecule has 0 fully saturated rings. The van der Waals surface area contributed by atoms with Crippen LogP contribution in [-0.4, -0.2) is 20.6 Å². The molecule has 0 spiro atoms. The van der Waals surface area contributed by atoms with Crippen molar-refractivity contribution in [2.75, 3.05) is 5.32 Å². The van der Waals surface area contributed by atoms with Crippen molar-refractivity contribution in [3.05, 3.63) is 65.9 Å². The van der Waals surface area contributed by atoms with Crippen LogP contribution in [0, 0.1) is 6.92 Å². The number of rotatable bonds is 4. The number of hydrogen-bond donors (Lipinski definition) is 1. The zero-order valence-electron chi connectivity index (χ0n) is 11.5. The Balaban J connectivity index is 1.67. The highest BCUT2D eigenvalue weighted by Gasteiger charge is 2.08. The lowest BCUT2D eigenvalue weighted by Gasteiger charge is -2.05. The lowest BCUT2D eigenvalue weighted by Crippen LogP contribution is -2.12. The molecule has 3 rings (SSSR count). The molecule has 0 unspecified atom stereocenters. The van der Waals surface area contributed by atoms with Crippen LogP contribution in [0.4, 0.5) is 5.82 Å². The van der Waals surface area contributed by atoms with Crippen LogP contribution in [0.25, 0.3) is 0 Å². The monoisotopic (exact) mass is 282 g/mol. The van der Waals surface area contributed by atoms with Crippen molar-refractivity contribution < 1.29 is 9.32 Å². The van der Waals surface area contributed by atoms with E-state index in [-0.39, 0.29) is 5.91 Å². The lowest BCUT2D eigenvalue weighted by atomic mass is 10.1. The topological polar surface area (TPSA) is 73.0 Å². The van der Waals surface area contributed by atoms with E-state index in [1.54, 1.807) is 37.6 Å². The number of aryl methyl sites for hydroxylation is 1. The average molecular weight is 282 g/mol. The Morgan fingerprint density at radius 3 is 2.76 bits per heavy atom. The molecule has 21 heavy (non-hydrogen) atoms. The van der Waals surface area contributed by atoms with Crippen LogP contribution in [-0.2, 0) is 6.54 Å². The molecule has 6 heteroatoms. The number of benzene rings is 1. The van der Waals surface area contributed by atoms with Crippen molar-refractivity contribution >= 4 is 11.7 Å². The minimum Gasteiger partial charge on any atom is -0.360 e. The number of carbonyl (C=O) groups excluding carboxylic acids is 1. The molecule has 0 saturated carbocycles. The SMILES string of the molecule is Cc1cc(NC(=O)c2ccc(Cn3ccnc3)cc2)no1. The van der Waals surface area contributed by atoms with Crippen molar-refractivity contribution in [2.24, 2.45) is 0 Å². The summed E-state index contributed by atoms with van der Waals surface area (Å²) < 4.78 is 6.87. The Morgan fingerprint density at radius 2 is 2.14 bits per heavy atom. The number of aromatic nitrogens is 3. The summed E-state index contributed by atoms with van der Waals surface area (Å²) in [5.74, 6) is 0.860. The highest BCUT2D eigenvalue weighted by atomic mass is 16.5. The van der Waals surface area contributed by atoms with Crippen molar-refractivity contribution in [2.45, 2.75) is 13.5 Å². The van der Waals surface area contributed by atoms with E-state index in [0.29, 0.717) is 17.1 Å². The second-order valence-electron chi connectivity index (χ2n) is 4.71. The van der Waals surface area contributed by atoms with Gasteiger partial charge in [0.1, 0.15) is 5.76 Å². The molecule has 1 amide bonds. The van der Waals surface area contributed by atoms with Gasteiger partial charge < -0.3 is 14.4 Å². The average Bonchev–Trinajstić information content (AvgIpc) is 3.12. The molecular formula is C15H14N4O2. The second kappa shape index (κ2) is 5.62. The van der Waals surface area contributed by atoms with Gasteiger partial charge in [-0.1, -0.05) is 17.3 Å². The molecule has 0 bridgehead atoms. The molecule has 0 aliphatic heterocycles. The van der Waals surface area contributed by atoms with Gasteiger partial charge in [0.15, 0.2) is 5.82 Å². The molecule has 0 aliphatic rings. The maximum absolute atomic E-state index is 12.0. The normalized spacial score (nSPS) is 10.5. The summed E-state index contributed by atoms with van der Waals surface area (Å²) in [4.78, 5) is 16.0. The van der Waals surface area contributed by atoms with E-state index < -0.39 is 0 Å². The molecular weight excluding hydrogens is 268 g/mol. The Morgan fingerprint density at radius 1 is 1.33 bits per heavy atom. The number of anilines is 1. The largest absolute Gasteiger partial charge is 0.360 e. The van der Waals surface area contributed by atoms with E-state index in [0.717, 1.165) is 12.1 Å². The third-order valence-corrected chi connectivity index (χ3v) is 3.01. The fourth-order valence-corrected chi connectivity index (χ4v) is 1.97. The van der Waals surface area contributed by atoms with E-state index in [9.17, 15) is 4.79 Å². The van der Waals surface area contributed by atoms with Crippen LogP contribution in [0.3, 0.4) is 0 Å². The minimum absolute atomic E-state index is 0.211. The van der Waals surface area contributed by atoms with Crippen molar-refractivity contribution in [3.63, 3.8) is 0 Å². The van der Waals surface area contributed by atoms with Crippen molar-refractivity contribution in [3.8, 4) is 0 Å². The van der Waals surface area contributed by atoms with Gasteiger partial charge in [0, 0.05) is 30.6 Å². The molecule has 0 radical (unpaired) electrons. The minimum atomic E-state index is -0.211. The smallest absolute Gasteiger partial charge is 0.256 e. The molecule has 6 nitrogen and oxygen atoms in total. The third-order valence-electron chi connectivity index (χ3n) is 3.01. The predicted octanol–water partition coefficient (Wildman–Crippen LogP) is 2.48. The first kappa shape index (κ1) is 13.1. The summed E-state index contributed by atoms with van der Waals surface area (Å²) in [5, 5.41) is 6.42. The van der Waals surface area contributed by atoms with Crippen LogP contribution in [0.15, 0.2) is 53.6 Å². The van der Waals surface area contributed by atoms with Gasteiger partial charge in [-0.25, -0.2) is 4.98 Å². The maximum atomic E-state index is 12.0. The highest BCUT2D eigenvalue weighted by Crippen LogP contribution is 2.11. The Kier molecular flexibility index (Phi) is 3.51. The zero-order chi connectivity index (χ0) is 14.7. The van der Waals surface area contributed by atoms with Crippen LogP contribution >= 0.6 is 0 Å². The number of amides is 1. The number of imidazole rings is 1. The molecule has 2 heterocycles. The molecule has 1 aromatic carbocycles. The van der Waals surface area contributed by atoms with Gasteiger partial charge >= 0.3 is 0 Å². The van der Waals surface area contributed by atoms with E-state index in [4.69, 9.17) is 4.52 Å². The summed E-state index contributed by atoms with van der Waals surface area (Å²) in [6.07, 6.45) is 5.39. The fraction of sp³-hybridized carbons (Fsp3) is 0.133. The van der Waals surface area contributed by atoms with Crippen LogP contribution < -0.4 is 5.32 Å². The molecule has 0 atom stereocenters. The molecule has 3 aromatic rings. The maximum Gasteiger partial charge on any atom is 0.256 e. The molecule has 0 aliphatic carbocycles. The van der Waals surface area contributed by atoms with Crippen LogP contribution in [0.1, 0.15) is 21.7 Å². The van der Waals surface area contributed by atoms with Crippen LogP contribution in [0.2, 0.25) is 0 Å². The summed E-state index contributed by atoms with van der Waals surface area (Å²) in [6, 6.07) is 9.08. The van der Waals surface area contributed by atoms with Gasteiger partial charge in [-0.15, -0.1) is 0 Å². The first-order chi connectivity index (χ1) is 10.2. The highest BCUT2D eigenvalue weighted by molar-refractivity contribution is 6.03.